The fourth-order valence-electron chi connectivity index (χ4n) is 1.43. The average molecular weight is 277 g/mol. The van der Waals surface area contributed by atoms with Crippen LogP contribution >= 0.6 is 0 Å². The molecule has 0 aliphatic carbocycles. The lowest BCUT2D eigenvalue weighted by atomic mass is 10.4. The van der Waals surface area contributed by atoms with Crippen LogP contribution in [0.15, 0.2) is 12.3 Å². The van der Waals surface area contributed by atoms with E-state index in [4.69, 9.17) is 4.74 Å². The Kier molecular flexibility index (Phi) is 3.78. The molecule has 0 bridgehead atoms. The van der Waals surface area contributed by atoms with Gasteiger partial charge >= 0.3 is 6.01 Å². The molecule has 0 saturated heterocycles. The zero-order valence-electron chi connectivity index (χ0n) is 11.7. The van der Waals surface area contributed by atoms with Gasteiger partial charge in [0.2, 0.25) is 5.95 Å². The molecular formula is C11H15N7O2. The molecule has 2 aromatic heterocycles. The maximum Gasteiger partial charge on any atom is 0.322 e. The predicted molar refractivity (Wildman–Crippen MR) is 71.1 cm³/mol. The molecule has 0 unspecified atom stereocenters. The van der Waals surface area contributed by atoms with Crippen LogP contribution in [0.3, 0.4) is 0 Å². The van der Waals surface area contributed by atoms with Crippen LogP contribution in [-0.2, 0) is 0 Å². The summed E-state index contributed by atoms with van der Waals surface area (Å²) in [6.07, 6.45) is 1.60. The molecule has 1 amide bonds. The first kappa shape index (κ1) is 13.7. The van der Waals surface area contributed by atoms with E-state index in [0.717, 1.165) is 0 Å². The summed E-state index contributed by atoms with van der Waals surface area (Å²) in [6, 6.07) is 1.76. The summed E-state index contributed by atoms with van der Waals surface area (Å²) in [5, 5.41) is 6.94. The first-order valence-corrected chi connectivity index (χ1v) is 5.80. The van der Waals surface area contributed by atoms with E-state index in [0.29, 0.717) is 11.6 Å². The van der Waals surface area contributed by atoms with Crippen LogP contribution in [0.25, 0.3) is 5.95 Å². The Morgan fingerprint density at radius 1 is 1.35 bits per heavy atom. The number of carbonyl (C=O) groups is 1. The highest BCUT2D eigenvalue weighted by Crippen LogP contribution is 2.10. The number of rotatable bonds is 4. The van der Waals surface area contributed by atoms with Gasteiger partial charge in [-0.15, -0.1) is 0 Å². The van der Waals surface area contributed by atoms with Crippen molar-refractivity contribution in [3.63, 3.8) is 0 Å². The van der Waals surface area contributed by atoms with E-state index < -0.39 is 0 Å². The number of aromatic nitrogens is 5. The predicted octanol–water partition coefficient (Wildman–Crippen LogP) is -0.191. The SMILES string of the molecule is CNc1nc(OC)nc(-n2ccc(C(=O)N(C)C)n2)n1. The lowest BCUT2D eigenvalue weighted by molar-refractivity contribution is 0.0821. The fourth-order valence-corrected chi connectivity index (χ4v) is 1.43. The van der Waals surface area contributed by atoms with Crippen molar-refractivity contribution in [1.82, 2.24) is 29.6 Å². The van der Waals surface area contributed by atoms with Crippen LogP contribution < -0.4 is 10.1 Å². The minimum atomic E-state index is -0.196. The summed E-state index contributed by atoms with van der Waals surface area (Å²) in [4.78, 5) is 25.5. The van der Waals surface area contributed by atoms with Gasteiger partial charge in [0.15, 0.2) is 5.69 Å². The van der Waals surface area contributed by atoms with Gasteiger partial charge in [-0.25, -0.2) is 4.68 Å². The monoisotopic (exact) mass is 277 g/mol. The highest BCUT2D eigenvalue weighted by molar-refractivity contribution is 5.91. The molecule has 2 rings (SSSR count). The van der Waals surface area contributed by atoms with Gasteiger partial charge in [0, 0.05) is 27.3 Å². The molecule has 0 radical (unpaired) electrons. The van der Waals surface area contributed by atoms with Crippen molar-refractivity contribution in [3.05, 3.63) is 18.0 Å². The minimum absolute atomic E-state index is 0.162. The van der Waals surface area contributed by atoms with Crippen LogP contribution in [0.4, 0.5) is 5.95 Å². The van der Waals surface area contributed by atoms with E-state index in [9.17, 15) is 4.79 Å². The van der Waals surface area contributed by atoms with Gasteiger partial charge in [-0.2, -0.15) is 20.1 Å². The van der Waals surface area contributed by atoms with E-state index in [-0.39, 0.29) is 17.9 Å². The van der Waals surface area contributed by atoms with Gasteiger partial charge < -0.3 is 15.0 Å². The number of ether oxygens (including phenoxy) is 1. The molecule has 9 nitrogen and oxygen atoms in total. The van der Waals surface area contributed by atoms with Crippen molar-refractivity contribution in [2.75, 3.05) is 33.6 Å². The molecule has 0 aromatic carbocycles. The molecular weight excluding hydrogens is 262 g/mol. The Hall–Kier alpha value is -2.71. The smallest absolute Gasteiger partial charge is 0.322 e. The standard InChI is InChI=1S/C11H15N7O2/c1-12-9-13-10(15-11(14-9)20-4)18-6-5-7(16-18)8(19)17(2)3/h5-6H,1-4H3,(H,12,13,14,15). The number of carbonyl (C=O) groups excluding carboxylic acids is 1. The van der Waals surface area contributed by atoms with Crippen LogP contribution in [0.5, 0.6) is 6.01 Å². The highest BCUT2D eigenvalue weighted by Gasteiger charge is 2.14. The van der Waals surface area contributed by atoms with Crippen LogP contribution in [0.1, 0.15) is 10.5 Å². The molecule has 0 saturated carbocycles. The molecule has 9 heteroatoms. The third kappa shape index (κ3) is 2.66. The second-order valence-electron chi connectivity index (χ2n) is 4.04. The van der Waals surface area contributed by atoms with Crippen LogP contribution in [0, 0.1) is 0 Å². The van der Waals surface area contributed by atoms with Gasteiger partial charge in [0.05, 0.1) is 7.11 Å². The van der Waals surface area contributed by atoms with Gasteiger partial charge in [-0.1, -0.05) is 0 Å². The summed E-state index contributed by atoms with van der Waals surface area (Å²) in [5.41, 5.74) is 0.306. The maximum absolute atomic E-state index is 11.8. The average Bonchev–Trinajstić information content (AvgIpc) is 2.95. The molecule has 0 spiro atoms. The Morgan fingerprint density at radius 2 is 2.10 bits per heavy atom. The van der Waals surface area contributed by atoms with Crippen LogP contribution in [0.2, 0.25) is 0 Å². The van der Waals surface area contributed by atoms with Gasteiger partial charge in [0.25, 0.3) is 11.9 Å². The molecule has 0 aliphatic rings. The largest absolute Gasteiger partial charge is 0.467 e. The van der Waals surface area contributed by atoms with Crippen molar-refractivity contribution in [1.29, 1.82) is 0 Å². The number of methoxy groups -OCH3 is 1. The molecule has 0 atom stereocenters. The zero-order valence-corrected chi connectivity index (χ0v) is 11.7. The van der Waals surface area contributed by atoms with E-state index in [1.165, 1.54) is 16.7 Å². The maximum atomic E-state index is 11.8. The normalized spacial score (nSPS) is 10.2. The number of anilines is 1. The summed E-state index contributed by atoms with van der Waals surface area (Å²) >= 11 is 0. The van der Waals surface area contributed by atoms with Crippen molar-refractivity contribution in [3.8, 4) is 12.0 Å². The number of nitrogens with zero attached hydrogens (tertiary/aromatic N) is 6. The first-order valence-electron chi connectivity index (χ1n) is 5.80. The number of hydrogen-bond donors (Lipinski definition) is 1. The molecule has 1 N–H and O–H groups in total. The van der Waals surface area contributed by atoms with Crippen molar-refractivity contribution in [2.45, 2.75) is 0 Å². The van der Waals surface area contributed by atoms with Gasteiger partial charge in [-0.05, 0) is 6.07 Å². The first-order chi connectivity index (χ1) is 9.55. The highest BCUT2D eigenvalue weighted by atomic mass is 16.5. The summed E-state index contributed by atoms with van der Waals surface area (Å²) in [6.45, 7) is 0. The Labute approximate surface area is 115 Å². The van der Waals surface area contributed by atoms with E-state index in [1.807, 2.05) is 0 Å². The Balaban J connectivity index is 2.39. The Bertz CT molecular complexity index is 601. The molecule has 20 heavy (non-hydrogen) atoms. The lowest BCUT2D eigenvalue weighted by Crippen LogP contribution is -2.22. The summed E-state index contributed by atoms with van der Waals surface area (Å²) in [7, 11) is 6.46. The number of nitrogens with one attached hydrogen (secondary N) is 1. The van der Waals surface area contributed by atoms with Crippen molar-refractivity contribution < 1.29 is 9.53 Å². The van der Waals surface area contributed by atoms with Crippen molar-refractivity contribution >= 4 is 11.9 Å². The van der Waals surface area contributed by atoms with Crippen LogP contribution in [-0.4, -0.2) is 63.8 Å². The Morgan fingerprint density at radius 3 is 2.70 bits per heavy atom. The molecule has 0 fully saturated rings. The second kappa shape index (κ2) is 5.51. The summed E-state index contributed by atoms with van der Waals surface area (Å²) < 4.78 is 6.38. The number of hydrogen-bond acceptors (Lipinski definition) is 7. The van der Waals surface area contributed by atoms with Crippen molar-refractivity contribution in [2.24, 2.45) is 0 Å². The number of amides is 1. The van der Waals surface area contributed by atoms with Gasteiger partial charge in [0.1, 0.15) is 0 Å². The van der Waals surface area contributed by atoms with E-state index >= 15 is 0 Å². The third-order valence-electron chi connectivity index (χ3n) is 2.43. The van der Waals surface area contributed by atoms with E-state index in [1.54, 1.807) is 33.4 Å². The summed E-state index contributed by atoms with van der Waals surface area (Å²) in [5.74, 6) is 0.417. The zero-order chi connectivity index (χ0) is 14.7. The quantitative estimate of drug-likeness (QED) is 0.827. The molecule has 0 aliphatic heterocycles. The molecule has 2 aromatic rings. The lowest BCUT2D eigenvalue weighted by Gasteiger charge is -2.07. The van der Waals surface area contributed by atoms with E-state index in [2.05, 4.69) is 25.4 Å². The van der Waals surface area contributed by atoms with Gasteiger partial charge in [-0.3, -0.25) is 4.79 Å². The second-order valence-corrected chi connectivity index (χ2v) is 4.04. The fraction of sp³-hybridized carbons (Fsp3) is 0.364. The molecule has 106 valence electrons. The topological polar surface area (TPSA) is 98.1 Å². The molecule has 2 heterocycles. The third-order valence-corrected chi connectivity index (χ3v) is 2.43. The minimum Gasteiger partial charge on any atom is -0.467 e.